The molecule has 26 heavy (non-hydrogen) atoms. The molecule has 1 amide bonds. The summed E-state index contributed by atoms with van der Waals surface area (Å²) in [6.07, 6.45) is -0.684. The number of carbonyl (C=O) groups is 1. The Kier molecular flexibility index (Phi) is 9.23. The summed E-state index contributed by atoms with van der Waals surface area (Å²) in [6, 6.07) is 6.27. The monoisotopic (exact) mass is 369 g/mol. The quantitative estimate of drug-likeness (QED) is 0.373. The first-order valence-corrected chi connectivity index (χ1v) is 8.29. The summed E-state index contributed by atoms with van der Waals surface area (Å²) in [5, 5.41) is 14.0. The van der Waals surface area contributed by atoms with Gasteiger partial charge in [-0.25, -0.2) is 0 Å². The zero-order valence-corrected chi connectivity index (χ0v) is 14.5. The van der Waals surface area contributed by atoms with Crippen LogP contribution in [0.1, 0.15) is 31.7 Å². The van der Waals surface area contributed by atoms with Gasteiger partial charge in [-0.1, -0.05) is 25.5 Å². The number of halogens is 3. The van der Waals surface area contributed by atoms with E-state index in [1.165, 1.54) is 18.3 Å². The summed E-state index contributed by atoms with van der Waals surface area (Å²) in [7, 11) is 0. The van der Waals surface area contributed by atoms with Crippen LogP contribution in [0, 0.1) is 11.3 Å². The molecular weight excluding hydrogens is 347 g/mol. The van der Waals surface area contributed by atoms with Gasteiger partial charge in [0.05, 0.1) is 11.3 Å². The number of unbranched alkanes of at least 4 members (excludes halogenated alkanes) is 1. The predicted octanol–water partition coefficient (Wildman–Crippen LogP) is 3.85. The van der Waals surface area contributed by atoms with Crippen molar-refractivity contribution in [2.24, 2.45) is 0 Å². The van der Waals surface area contributed by atoms with Gasteiger partial charge < -0.3 is 15.4 Å². The van der Waals surface area contributed by atoms with Crippen molar-refractivity contribution in [2.75, 3.05) is 25.1 Å². The van der Waals surface area contributed by atoms with E-state index in [2.05, 4.69) is 17.6 Å². The number of rotatable bonds is 10. The normalized spacial score (nSPS) is 11.7. The molecule has 1 aromatic rings. The molecule has 0 unspecified atom stereocenters. The summed E-state index contributed by atoms with van der Waals surface area (Å²) in [5.74, 6) is -0.907. The van der Waals surface area contributed by atoms with Crippen LogP contribution < -0.4 is 10.6 Å². The van der Waals surface area contributed by atoms with E-state index in [1.54, 1.807) is 6.07 Å². The third kappa shape index (κ3) is 7.57. The van der Waals surface area contributed by atoms with Crippen LogP contribution in [-0.2, 0) is 15.7 Å². The summed E-state index contributed by atoms with van der Waals surface area (Å²) in [6.45, 7) is 3.78. The average Bonchev–Trinajstić information content (AvgIpc) is 2.60. The fourth-order valence-electron chi connectivity index (χ4n) is 1.98. The van der Waals surface area contributed by atoms with Gasteiger partial charge in [-0.3, -0.25) is 4.79 Å². The number of para-hydroxylation sites is 1. The Morgan fingerprint density at radius 2 is 1.96 bits per heavy atom. The van der Waals surface area contributed by atoms with Crippen LogP contribution in [0.4, 0.5) is 18.9 Å². The first-order valence-electron chi connectivity index (χ1n) is 8.29. The number of anilines is 1. The number of nitrogens with zero attached hydrogens (tertiary/aromatic N) is 1. The molecule has 0 aliphatic rings. The van der Waals surface area contributed by atoms with Crippen molar-refractivity contribution >= 4 is 11.6 Å². The molecule has 2 N–H and O–H groups in total. The van der Waals surface area contributed by atoms with Crippen LogP contribution in [0.15, 0.2) is 36.0 Å². The molecule has 1 aromatic carbocycles. The lowest BCUT2D eigenvalue weighted by atomic mass is 10.1. The molecule has 0 saturated carbocycles. The van der Waals surface area contributed by atoms with Crippen molar-refractivity contribution in [2.45, 2.75) is 32.4 Å². The molecular formula is C18H22F3N3O2. The maximum absolute atomic E-state index is 12.9. The minimum absolute atomic E-state index is 0.311. The zero-order chi connectivity index (χ0) is 19.4. The minimum Gasteiger partial charge on any atom is -0.390 e. The summed E-state index contributed by atoms with van der Waals surface area (Å²) < 4.78 is 44.1. The van der Waals surface area contributed by atoms with Crippen LogP contribution in [0.3, 0.4) is 0 Å². The lowest BCUT2D eigenvalue weighted by molar-refractivity contribution is -0.137. The van der Waals surface area contributed by atoms with E-state index >= 15 is 0 Å². The fraction of sp³-hybridized carbons (Fsp3) is 0.444. The lowest BCUT2D eigenvalue weighted by Gasteiger charge is -2.13. The highest BCUT2D eigenvalue weighted by Gasteiger charge is 2.33. The molecule has 142 valence electrons. The van der Waals surface area contributed by atoms with Crippen molar-refractivity contribution in [3.8, 4) is 6.07 Å². The van der Waals surface area contributed by atoms with Crippen LogP contribution in [-0.4, -0.2) is 25.7 Å². The Balaban J connectivity index is 2.56. The molecule has 0 saturated heterocycles. The van der Waals surface area contributed by atoms with Gasteiger partial charge in [0.25, 0.3) is 5.91 Å². The van der Waals surface area contributed by atoms with E-state index in [9.17, 15) is 18.0 Å². The Morgan fingerprint density at radius 3 is 2.62 bits per heavy atom. The number of alkyl halides is 3. The van der Waals surface area contributed by atoms with E-state index in [1.807, 2.05) is 0 Å². The first-order chi connectivity index (χ1) is 12.4. The van der Waals surface area contributed by atoms with Gasteiger partial charge in [0.15, 0.2) is 0 Å². The van der Waals surface area contributed by atoms with Gasteiger partial charge in [0.1, 0.15) is 11.6 Å². The maximum Gasteiger partial charge on any atom is 0.418 e. The molecule has 0 fully saturated rings. The molecule has 0 bridgehead atoms. The van der Waals surface area contributed by atoms with Gasteiger partial charge in [-0.15, -0.1) is 0 Å². The number of amides is 1. The van der Waals surface area contributed by atoms with Gasteiger partial charge in [-0.05, 0) is 25.0 Å². The van der Waals surface area contributed by atoms with E-state index in [4.69, 9.17) is 10.00 Å². The van der Waals surface area contributed by atoms with Crippen molar-refractivity contribution in [1.82, 2.24) is 5.32 Å². The first kappa shape index (κ1) is 21.5. The third-order valence-corrected chi connectivity index (χ3v) is 3.34. The highest BCUT2D eigenvalue weighted by Crippen LogP contribution is 2.34. The van der Waals surface area contributed by atoms with Gasteiger partial charge in [0, 0.05) is 26.0 Å². The Morgan fingerprint density at radius 1 is 1.27 bits per heavy atom. The molecule has 0 aromatic heterocycles. The predicted molar refractivity (Wildman–Crippen MR) is 92.1 cm³/mol. The number of carbonyl (C=O) groups excluding carboxylic acids is 1. The van der Waals surface area contributed by atoms with Crippen molar-refractivity contribution < 1.29 is 22.7 Å². The van der Waals surface area contributed by atoms with E-state index in [0.29, 0.717) is 26.2 Å². The van der Waals surface area contributed by atoms with Crippen LogP contribution in [0.25, 0.3) is 0 Å². The van der Waals surface area contributed by atoms with Crippen LogP contribution >= 0.6 is 0 Å². The Hall–Kier alpha value is -2.53. The van der Waals surface area contributed by atoms with E-state index in [-0.39, 0.29) is 5.57 Å². The smallest absolute Gasteiger partial charge is 0.390 e. The Labute approximate surface area is 150 Å². The van der Waals surface area contributed by atoms with E-state index in [0.717, 1.165) is 25.0 Å². The fourth-order valence-corrected chi connectivity index (χ4v) is 1.98. The SMILES string of the molecule is CCCCOCCCN/C=C(/C#N)C(=O)Nc1ccccc1C(F)(F)F. The number of hydrogen-bond acceptors (Lipinski definition) is 4. The second-order valence-electron chi connectivity index (χ2n) is 5.44. The van der Waals surface area contributed by atoms with Gasteiger partial charge in [-0.2, -0.15) is 18.4 Å². The van der Waals surface area contributed by atoms with Crippen LogP contribution in [0.2, 0.25) is 0 Å². The van der Waals surface area contributed by atoms with Crippen molar-refractivity contribution in [1.29, 1.82) is 5.26 Å². The largest absolute Gasteiger partial charge is 0.418 e. The summed E-state index contributed by atoms with van der Waals surface area (Å²) in [4.78, 5) is 12.0. The molecule has 0 heterocycles. The maximum atomic E-state index is 12.9. The molecule has 8 heteroatoms. The van der Waals surface area contributed by atoms with Crippen LogP contribution in [0.5, 0.6) is 0 Å². The number of benzene rings is 1. The minimum atomic E-state index is -4.60. The highest BCUT2D eigenvalue weighted by molar-refractivity contribution is 6.06. The zero-order valence-electron chi connectivity index (χ0n) is 14.5. The summed E-state index contributed by atoms with van der Waals surface area (Å²) >= 11 is 0. The topological polar surface area (TPSA) is 74.1 Å². The second kappa shape index (κ2) is 11.2. The molecule has 0 aliphatic heterocycles. The molecule has 1 rings (SSSR count). The third-order valence-electron chi connectivity index (χ3n) is 3.34. The molecule has 0 aliphatic carbocycles. The number of ether oxygens (including phenoxy) is 1. The van der Waals surface area contributed by atoms with Crippen molar-refractivity contribution in [3.05, 3.63) is 41.6 Å². The number of nitrogens with one attached hydrogen (secondary N) is 2. The average molecular weight is 369 g/mol. The molecule has 5 nitrogen and oxygen atoms in total. The summed E-state index contributed by atoms with van der Waals surface area (Å²) in [5.41, 5.74) is -1.67. The van der Waals surface area contributed by atoms with E-state index < -0.39 is 23.3 Å². The van der Waals surface area contributed by atoms with Gasteiger partial charge in [0.2, 0.25) is 0 Å². The molecule has 0 atom stereocenters. The number of hydrogen-bond donors (Lipinski definition) is 2. The highest BCUT2D eigenvalue weighted by atomic mass is 19.4. The standard InChI is InChI=1S/C18H22F3N3O2/c1-2-3-10-26-11-6-9-23-13-14(12-22)17(25)24-16-8-5-4-7-15(16)18(19,20)21/h4-5,7-8,13,23H,2-3,6,9-11H2,1H3,(H,24,25)/b14-13-. The number of nitriles is 1. The molecule has 0 spiro atoms. The lowest BCUT2D eigenvalue weighted by Crippen LogP contribution is -2.20. The second-order valence-corrected chi connectivity index (χ2v) is 5.44. The molecule has 0 radical (unpaired) electrons. The van der Waals surface area contributed by atoms with Gasteiger partial charge >= 0.3 is 6.18 Å². The Bertz CT molecular complexity index is 652. The van der Waals surface area contributed by atoms with Crippen molar-refractivity contribution in [3.63, 3.8) is 0 Å².